The van der Waals surface area contributed by atoms with Crippen molar-refractivity contribution in [3.05, 3.63) is 72.3 Å². The van der Waals surface area contributed by atoms with Crippen molar-refractivity contribution in [2.45, 2.75) is 10.6 Å². The highest BCUT2D eigenvalue weighted by Gasteiger charge is 2.18. The van der Waals surface area contributed by atoms with Crippen LogP contribution < -0.4 is 0 Å². The average Bonchev–Trinajstić information content (AvgIpc) is 2.48. The molecule has 0 unspecified atom stereocenters. The minimum absolute atomic E-state index is 0.0530. The van der Waals surface area contributed by atoms with Crippen LogP contribution in [0.25, 0.3) is 10.8 Å². The van der Waals surface area contributed by atoms with Crippen LogP contribution in [-0.2, 0) is 15.6 Å². The molecule has 0 aliphatic carbocycles. The molecule has 0 heterocycles. The Labute approximate surface area is 123 Å². The van der Waals surface area contributed by atoms with Crippen molar-refractivity contribution in [1.82, 2.24) is 0 Å². The van der Waals surface area contributed by atoms with Gasteiger partial charge >= 0.3 is 0 Å². The Morgan fingerprint density at radius 1 is 0.762 bits per heavy atom. The predicted octanol–water partition coefficient (Wildman–Crippen LogP) is 3.52. The molecule has 0 atom stereocenters. The van der Waals surface area contributed by atoms with Gasteiger partial charge in [-0.05, 0) is 17.7 Å². The SMILES string of the molecule is O=S(=O)(Cc1ccccc1)c1cccc2c(O)cccc12. The first-order valence-electron chi connectivity index (χ1n) is 6.55. The van der Waals surface area contributed by atoms with E-state index < -0.39 is 9.84 Å². The van der Waals surface area contributed by atoms with Crippen LogP contribution in [0.2, 0.25) is 0 Å². The zero-order valence-corrected chi connectivity index (χ0v) is 12.0. The number of hydrogen-bond donors (Lipinski definition) is 1. The Morgan fingerprint density at radius 2 is 1.43 bits per heavy atom. The number of hydrogen-bond acceptors (Lipinski definition) is 3. The van der Waals surface area contributed by atoms with Crippen LogP contribution in [0.1, 0.15) is 5.56 Å². The summed E-state index contributed by atoms with van der Waals surface area (Å²) in [7, 11) is -3.47. The summed E-state index contributed by atoms with van der Waals surface area (Å²) >= 11 is 0. The highest BCUT2D eigenvalue weighted by molar-refractivity contribution is 7.90. The zero-order valence-electron chi connectivity index (χ0n) is 11.2. The quantitative estimate of drug-likeness (QED) is 0.805. The third-order valence-corrected chi connectivity index (χ3v) is 5.13. The Morgan fingerprint density at radius 3 is 2.19 bits per heavy atom. The summed E-state index contributed by atoms with van der Waals surface area (Å²) in [4.78, 5) is 0.250. The highest BCUT2D eigenvalue weighted by atomic mass is 32.2. The molecule has 3 aromatic carbocycles. The maximum absolute atomic E-state index is 12.6. The molecule has 106 valence electrons. The van der Waals surface area contributed by atoms with Crippen LogP contribution in [0.3, 0.4) is 0 Å². The Kier molecular flexibility index (Phi) is 3.39. The molecule has 0 saturated carbocycles. The molecular formula is C17H14O3S. The van der Waals surface area contributed by atoms with Gasteiger partial charge in [-0.1, -0.05) is 54.6 Å². The van der Waals surface area contributed by atoms with E-state index in [1.54, 1.807) is 48.5 Å². The van der Waals surface area contributed by atoms with Gasteiger partial charge in [0.25, 0.3) is 0 Å². The van der Waals surface area contributed by atoms with E-state index in [9.17, 15) is 13.5 Å². The summed E-state index contributed by atoms with van der Waals surface area (Å²) in [5, 5.41) is 11.0. The van der Waals surface area contributed by atoms with E-state index in [2.05, 4.69) is 0 Å². The monoisotopic (exact) mass is 298 g/mol. The molecule has 0 radical (unpaired) electrons. The van der Waals surface area contributed by atoms with Crippen molar-refractivity contribution in [2.24, 2.45) is 0 Å². The summed E-state index contributed by atoms with van der Waals surface area (Å²) < 4.78 is 25.3. The van der Waals surface area contributed by atoms with E-state index in [1.165, 1.54) is 0 Å². The van der Waals surface area contributed by atoms with Crippen molar-refractivity contribution in [2.75, 3.05) is 0 Å². The van der Waals surface area contributed by atoms with E-state index in [0.29, 0.717) is 10.8 Å². The summed E-state index contributed by atoms with van der Waals surface area (Å²) in [6, 6.07) is 18.9. The largest absolute Gasteiger partial charge is 0.507 e. The average molecular weight is 298 g/mol. The first-order chi connectivity index (χ1) is 10.1. The van der Waals surface area contributed by atoms with Crippen LogP contribution >= 0.6 is 0 Å². The maximum atomic E-state index is 12.6. The molecule has 0 bridgehead atoms. The van der Waals surface area contributed by atoms with Gasteiger partial charge in [-0.2, -0.15) is 0 Å². The van der Waals surface area contributed by atoms with Gasteiger partial charge < -0.3 is 5.11 Å². The Balaban J connectivity index is 2.14. The molecule has 0 saturated heterocycles. The summed E-state index contributed by atoms with van der Waals surface area (Å²) in [6.45, 7) is 0. The van der Waals surface area contributed by atoms with Crippen LogP contribution in [0.15, 0.2) is 71.6 Å². The van der Waals surface area contributed by atoms with Gasteiger partial charge in [0.05, 0.1) is 10.6 Å². The lowest BCUT2D eigenvalue weighted by Gasteiger charge is -2.09. The molecule has 0 aliphatic heterocycles. The third-order valence-electron chi connectivity index (χ3n) is 3.39. The molecule has 1 N–H and O–H groups in total. The van der Waals surface area contributed by atoms with Gasteiger partial charge in [0.2, 0.25) is 0 Å². The number of fused-ring (bicyclic) bond motifs is 1. The molecule has 3 rings (SSSR count). The number of phenols is 1. The summed E-state index contributed by atoms with van der Waals surface area (Å²) in [5.74, 6) is 0.0343. The van der Waals surface area contributed by atoms with Gasteiger partial charge in [0.1, 0.15) is 5.75 Å². The molecule has 3 aromatic rings. The van der Waals surface area contributed by atoms with Crippen LogP contribution in [0.4, 0.5) is 0 Å². The van der Waals surface area contributed by atoms with Gasteiger partial charge in [-0.25, -0.2) is 8.42 Å². The summed E-state index contributed by atoms with van der Waals surface area (Å²) in [5.41, 5.74) is 0.745. The standard InChI is InChI=1S/C17H14O3S/c18-16-10-4-9-15-14(16)8-5-11-17(15)21(19,20)12-13-6-2-1-3-7-13/h1-11,18H,12H2. The smallest absolute Gasteiger partial charge is 0.183 e. The van der Waals surface area contributed by atoms with Crippen molar-refractivity contribution in [3.63, 3.8) is 0 Å². The van der Waals surface area contributed by atoms with E-state index in [4.69, 9.17) is 0 Å². The molecule has 0 fully saturated rings. The Bertz CT molecular complexity index is 884. The lowest BCUT2D eigenvalue weighted by Crippen LogP contribution is -2.05. The molecular weight excluding hydrogens is 284 g/mol. The number of sulfone groups is 1. The van der Waals surface area contributed by atoms with Crippen molar-refractivity contribution >= 4 is 20.6 Å². The lowest BCUT2D eigenvalue weighted by atomic mass is 10.1. The molecule has 4 heteroatoms. The van der Waals surface area contributed by atoms with Gasteiger partial charge in [-0.3, -0.25) is 0 Å². The van der Waals surface area contributed by atoms with Crippen LogP contribution in [0.5, 0.6) is 5.75 Å². The summed E-state index contributed by atoms with van der Waals surface area (Å²) in [6.07, 6.45) is 0. The minimum Gasteiger partial charge on any atom is -0.507 e. The second-order valence-corrected chi connectivity index (χ2v) is 6.83. The number of rotatable bonds is 3. The maximum Gasteiger partial charge on any atom is 0.183 e. The second kappa shape index (κ2) is 5.22. The first kappa shape index (κ1) is 13.6. The Hall–Kier alpha value is -2.33. The molecule has 3 nitrogen and oxygen atoms in total. The first-order valence-corrected chi connectivity index (χ1v) is 8.20. The van der Waals surface area contributed by atoms with Gasteiger partial charge in [0, 0.05) is 10.8 Å². The topological polar surface area (TPSA) is 54.4 Å². The van der Waals surface area contributed by atoms with E-state index >= 15 is 0 Å². The number of benzene rings is 3. The fraction of sp³-hybridized carbons (Fsp3) is 0.0588. The van der Waals surface area contributed by atoms with Crippen molar-refractivity contribution in [3.8, 4) is 5.75 Å². The number of phenolic OH excluding ortho intramolecular Hbond substituents is 1. The van der Waals surface area contributed by atoms with E-state index in [-0.39, 0.29) is 16.4 Å². The van der Waals surface area contributed by atoms with Gasteiger partial charge in [0.15, 0.2) is 9.84 Å². The predicted molar refractivity (Wildman–Crippen MR) is 82.9 cm³/mol. The fourth-order valence-corrected chi connectivity index (χ4v) is 3.99. The van der Waals surface area contributed by atoms with Crippen LogP contribution in [0, 0.1) is 0 Å². The van der Waals surface area contributed by atoms with E-state index in [0.717, 1.165) is 5.56 Å². The van der Waals surface area contributed by atoms with Crippen molar-refractivity contribution < 1.29 is 13.5 Å². The van der Waals surface area contributed by atoms with E-state index in [1.807, 2.05) is 18.2 Å². The molecule has 0 spiro atoms. The molecule has 21 heavy (non-hydrogen) atoms. The highest BCUT2D eigenvalue weighted by Crippen LogP contribution is 2.30. The molecule has 0 aromatic heterocycles. The lowest BCUT2D eigenvalue weighted by molar-refractivity contribution is 0.481. The third kappa shape index (κ3) is 2.62. The molecule has 0 amide bonds. The van der Waals surface area contributed by atoms with Crippen LogP contribution in [-0.4, -0.2) is 13.5 Å². The fourth-order valence-electron chi connectivity index (χ4n) is 2.41. The second-order valence-electron chi connectivity index (χ2n) is 4.87. The van der Waals surface area contributed by atoms with Crippen molar-refractivity contribution in [1.29, 1.82) is 0 Å². The zero-order chi connectivity index (χ0) is 14.9. The van der Waals surface area contributed by atoms with Gasteiger partial charge in [-0.15, -0.1) is 0 Å². The normalized spacial score (nSPS) is 11.6. The minimum atomic E-state index is -3.47. The molecule has 0 aliphatic rings. The number of aromatic hydroxyl groups is 1.